The van der Waals surface area contributed by atoms with Crippen LogP contribution in [0.1, 0.15) is 17.2 Å². The summed E-state index contributed by atoms with van der Waals surface area (Å²) in [7, 11) is 1.57. The molecule has 0 saturated carbocycles. The molecule has 2 aromatic rings. The van der Waals surface area contributed by atoms with Gasteiger partial charge >= 0.3 is 0 Å². The molecule has 5 heteroatoms. The van der Waals surface area contributed by atoms with Gasteiger partial charge in [-0.15, -0.1) is 0 Å². The largest absolute Gasteiger partial charge is 0.497 e. The van der Waals surface area contributed by atoms with Crippen molar-refractivity contribution in [2.75, 3.05) is 7.11 Å². The van der Waals surface area contributed by atoms with Crippen LogP contribution in [0.3, 0.4) is 0 Å². The Morgan fingerprint density at radius 1 is 1.35 bits per heavy atom. The molecule has 1 N–H and O–H groups in total. The molecule has 0 saturated heterocycles. The van der Waals surface area contributed by atoms with Crippen molar-refractivity contribution in [3.8, 4) is 5.75 Å². The second kappa shape index (κ2) is 6.57. The minimum Gasteiger partial charge on any atom is -0.497 e. The molecule has 2 rings (SSSR count). The van der Waals surface area contributed by atoms with Crippen LogP contribution in [-0.2, 0) is 6.42 Å². The van der Waals surface area contributed by atoms with Gasteiger partial charge < -0.3 is 9.84 Å². The molecule has 106 valence electrons. The van der Waals surface area contributed by atoms with Crippen LogP contribution in [0, 0.1) is 5.82 Å². The summed E-state index contributed by atoms with van der Waals surface area (Å²) in [5, 5.41) is 10.5. The average molecular weight is 360 g/mol. The molecule has 20 heavy (non-hydrogen) atoms. The minimum atomic E-state index is -0.965. The van der Waals surface area contributed by atoms with E-state index in [1.165, 1.54) is 12.1 Å². The van der Waals surface area contributed by atoms with E-state index in [2.05, 4.69) is 15.9 Å². The number of aliphatic hydroxyl groups excluding tert-OH is 1. The number of hydrogen-bond acceptors (Lipinski definition) is 2. The Morgan fingerprint density at radius 3 is 2.80 bits per heavy atom. The van der Waals surface area contributed by atoms with Gasteiger partial charge in [0.25, 0.3) is 0 Å². The molecule has 2 nitrogen and oxygen atoms in total. The lowest BCUT2D eigenvalue weighted by atomic mass is 10.0. The first kappa shape index (κ1) is 15.3. The van der Waals surface area contributed by atoms with Gasteiger partial charge in [-0.3, -0.25) is 0 Å². The zero-order chi connectivity index (χ0) is 14.7. The van der Waals surface area contributed by atoms with E-state index >= 15 is 0 Å². The summed E-state index contributed by atoms with van der Waals surface area (Å²) < 4.78 is 19.4. The highest BCUT2D eigenvalue weighted by atomic mass is 79.9. The molecule has 0 aliphatic heterocycles. The molecule has 2 aromatic carbocycles. The van der Waals surface area contributed by atoms with E-state index in [1.54, 1.807) is 7.11 Å². The van der Waals surface area contributed by atoms with Crippen LogP contribution in [0.2, 0.25) is 5.02 Å². The molecule has 0 spiro atoms. The number of rotatable bonds is 4. The monoisotopic (exact) mass is 358 g/mol. The van der Waals surface area contributed by atoms with Crippen molar-refractivity contribution in [2.24, 2.45) is 0 Å². The molecular formula is C15H13BrClFO2. The summed E-state index contributed by atoms with van der Waals surface area (Å²) in [4.78, 5) is 0. The summed E-state index contributed by atoms with van der Waals surface area (Å²) >= 11 is 9.08. The van der Waals surface area contributed by atoms with Gasteiger partial charge in [-0.25, -0.2) is 4.39 Å². The predicted octanol–water partition coefficient (Wildman–Crippen LogP) is 4.53. The van der Waals surface area contributed by atoms with Gasteiger partial charge in [-0.1, -0.05) is 23.7 Å². The Balaban J connectivity index is 2.23. The van der Waals surface area contributed by atoms with Crippen LogP contribution in [0.4, 0.5) is 4.39 Å². The van der Waals surface area contributed by atoms with E-state index in [9.17, 15) is 9.50 Å². The zero-order valence-corrected chi connectivity index (χ0v) is 13.1. The zero-order valence-electron chi connectivity index (χ0n) is 10.7. The Hall–Kier alpha value is -1.10. The lowest BCUT2D eigenvalue weighted by molar-refractivity contribution is 0.173. The first-order valence-electron chi connectivity index (χ1n) is 5.96. The summed E-state index contributed by atoms with van der Waals surface area (Å²) in [5.74, 6) is 0.209. The first-order valence-corrected chi connectivity index (χ1v) is 7.14. The number of methoxy groups -OCH3 is 1. The van der Waals surface area contributed by atoms with E-state index < -0.39 is 11.9 Å². The van der Waals surface area contributed by atoms with Crippen molar-refractivity contribution in [1.82, 2.24) is 0 Å². The van der Waals surface area contributed by atoms with E-state index in [1.807, 2.05) is 24.3 Å². The standard InChI is InChI=1S/C15H13BrClFO2/c1-20-10-4-2-3-9(5-10)6-15(19)11-7-13(17)12(16)8-14(11)18/h2-5,7-8,15,19H,6H2,1H3. The molecule has 1 atom stereocenters. The highest BCUT2D eigenvalue weighted by molar-refractivity contribution is 9.10. The van der Waals surface area contributed by atoms with Crippen LogP contribution in [-0.4, -0.2) is 12.2 Å². The third-order valence-electron chi connectivity index (χ3n) is 2.96. The van der Waals surface area contributed by atoms with Crippen molar-refractivity contribution in [3.63, 3.8) is 0 Å². The van der Waals surface area contributed by atoms with Gasteiger partial charge in [0.15, 0.2) is 0 Å². The highest BCUT2D eigenvalue weighted by Gasteiger charge is 2.16. The van der Waals surface area contributed by atoms with Crippen LogP contribution >= 0.6 is 27.5 Å². The van der Waals surface area contributed by atoms with E-state index in [0.29, 0.717) is 15.2 Å². The normalized spacial score (nSPS) is 12.2. The average Bonchev–Trinajstić information content (AvgIpc) is 2.43. The number of benzene rings is 2. The molecule has 0 aromatic heterocycles. The molecule has 1 unspecified atom stereocenters. The lowest BCUT2D eigenvalue weighted by Crippen LogP contribution is -2.05. The molecule has 0 fully saturated rings. The van der Waals surface area contributed by atoms with Crippen LogP contribution < -0.4 is 4.74 Å². The smallest absolute Gasteiger partial charge is 0.130 e. The maximum atomic E-state index is 13.9. The summed E-state index contributed by atoms with van der Waals surface area (Å²) in [6, 6.07) is 9.99. The van der Waals surface area contributed by atoms with Gasteiger partial charge in [0.1, 0.15) is 11.6 Å². The number of halogens is 3. The van der Waals surface area contributed by atoms with E-state index in [0.717, 1.165) is 5.56 Å². The minimum absolute atomic E-state index is 0.181. The fourth-order valence-electron chi connectivity index (χ4n) is 1.93. The molecule has 0 bridgehead atoms. The second-order valence-corrected chi connectivity index (χ2v) is 5.62. The van der Waals surface area contributed by atoms with Gasteiger partial charge in [-0.2, -0.15) is 0 Å². The van der Waals surface area contributed by atoms with Gasteiger partial charge in [0, 0.05) is 16.5 Å². The maximum absolute atomic E-state index is 13.9. The first-order chi connectivity index (χ1) is 9.51. The van der Waals surface area contributed by atoms with Crippen LogP contribution in [0.5, 0.6) is 5.75 Å². The van der Waals surface area contributed by atoms with Crippen molar-refractivity contribution < 1.29 is 14.2 Å². The molecule has 0 radical (unpaired) electrons. The Bertz CT molecular complexity index is 619. The van der Waals surface area contributed by atoms with E-state index in [4.69, 9.17) is 16.3 Å². The molecular weight excluding hydrogens is 347 g/mol. The van der Waals surface area contributed by atoms with E-state index in [-0.39, 0.29) is 12.0 Å². The fraction of sp³-hybridized carbons (Fsp3) is 0.200. The highest BCUT2D eigenvalue weighted by Crippen LogP contribution is 2.30. The van der Waals surface area contributed by atoms with Gasteiger partial charge in [-0.05, 0) is 45.8 Å². The predicted molar refractivity (Wildman–Crippen MR) is 80.8 cm³/mol. The molecule has 0 aliphatic rings. The summed E-state index contributed by atoms with van der Waals surface area (Å²) in [6.07, 6.45) is -0.681. The number of ether oxygens (including phenoxy) is 1. The maximum Gasteiger partial charge on any atom is 0.130 e. The second-order valence-electron chi connectivity index (χ2n) is 4.36. The molecule has 0 aliphatic carbocycles. The third kappa shape index (κ3) is 3.51. The summed E-state index contributed by atoms with van der Waals surface area (Å²) in [5.41, 5.74) is 1.04. The third-order valence-corrected chi connectivity index (χ3v) is 4.16. The quantitative estimate of drug-likeness (QED) is 0.813. The van der Waals surface area contributed by atoms with Gasteiger partial charge in [0.2, 0.25) is 0 Å². The topological polar surface area (TPSA) is 29.5 Å². The number of aliphatic hydroxyl groups is 1. The van der Waals surface area contributed by atoms with Crippen molar-refractivity contribution in [3.05, 3.63) is 62.8 Å². The Morgan fingerprint density at radius 2 is 2.10 bits per heavy atom. The number of hydrogen-bond donors (Lipinski definition) is 1. The van der Waals surface area contributed by atoms with Crippen LogP contribution in [0.25, 0.3) is 0 Å². The Labute approximate surface area is 130 Å². The van der Waals surface area contributed by atoms with Crippen molar-refractivity contribution >= 4 is 27.5 Å². The van der Waals surface area contributed by atoms with Crippen molar-refractivity contribution in [2.45, 2.75) is 12.5 Å². The fourth-order valence-corrected chi connectivity index (χ4v) is 2.41. The SMILES string of the molecule is COc1cccc(CC(O)c2cc(Cl)c(Br)cc2F)c1. The van der Waals surface area contributed by atoms with Crippen LogP contribution in [0.15, 0.2) is 40.9 Å². The molecule has 0 amide bonds. The summed E-state index contributed by atoms with van der Waals surface area (Å²) in [6.45, 7) is 0. The van der Waals surface area contributed by atoms with Crippen molar-refractivity contribution in [1.29, 1.82) is 0 Å². The lowest BCUT2D eigenvalue weighted by Gasteiger charge is -2.13. The molecule has 0 heterocycles. The Kier molecular flexibility index (Phi) is 5.02. The van der Waals surface area contributed by atoms with Gasteiger partial charge in [0.05, 0.1) is 18.2 Å².